The second-order valence-corrected chi connectivity index (χ2v) is 18.3. The molecule has 1 fully saturated rings. The maximum absolute atomic E-state index is 13.9. The molecule has 264 valence electrons. The lowest BCUT2D eigenvalue weighted by Gasteiger charge is -2.56. The van der Waals surface area contributed by atoms with E-state index >= 15 is 0 Å². The number of nitro benzene ring substituents is 2. The molecule has 0 radical (unpaired) electrons. The van der Waals surface area contributed by atoms with Crippen molar-refractivity contribution < 1.29 is 38.1 Å². The predicted octanol–water partition coefficient (Wildman–Crippen LogP) is 6.10. The van der Waals surface area contributed by atoms with Crippen LogP contribution >= 0.6 is 23.5 Å². The maximum Gasteiger partial charge on any atom is 0.407 e. The second-order valence-electron chi connectivity index (χ2n) is 13.2. The number of nitrogens with zero attached hydrogens (tertiary/aromatic N) is 3. The number of esters is 1. The molecule has 2 aliphatic heterocycles. The number of nitro groups is 2. The molecule has 0 aliphatic carbocycles. The van der Waals surface area contributed by atoms with Crippen molar-refractivity contribution in [3.63, 3.8) is 0 Å². The lowest BCUT2D eigenvalue weighted by Crippen LogP contribution is -2.69. The van der Waals surface area contributed by atoms with E-state index in [1.165, 1.54) is 77.0 Å². The Labute approximate surface area is 294 Å². The van der Waals surface area contributed by atoms with E-state index in [1.54, 1.807) is 0 Å². The molecule has 17 heteroatoms. The first-order valence-corrected chi connectivity index (χ1v) is 20.1. The number of thioether (sulfide) groups is 2. The molecule has 0 aromatic heterocycles. The number of hydrogen-bond acceptors (Lipinski definition) is 12. The van der Waals surface area contributed by atoms with Crippen molar-refractivity contribution >= 4 is 61.9 Å². The van der Waals surface area contributed by atoms with Crippen molar-refractivity contribution in [1.29, 1.82) is 0 Å². The van der Waals surface area contributed by atoms with E-state index in [4.69, 9.17) is 13.9 Å². The average Bonchev–Trinajstić information content (AvgIpc) is 3.34. The molecule has 1 N–H and O–H groups in total. The lowest BCUT2D eigenvalue weighted by molar-refractivity contribution is -0.385. The van der Waals surface area contributed by atoms with Gasteiger partial charge >= 0.3 is 12.1 Å². The first-order valence-electron chi connectivity index (χ1n) is 15.6. The van der Waals surface area contributed by atoms with E-state index in [-0.39, 0.29) is 48.0 Å². The van der Waals surface area contributed by atoms with Crippen LogP contribution in [-0.2, 0) is 36.7 Å². The van der Waals surface area contributed by atoms with Crippen LogP contribution < -0.4 is 5.32 Å². The molecule has 2 aliphatic rings. The van der Waals surface area contributed by atoms with Crippen LogP contribution in [0.1, 0.15) is 45.7 Å². The van der Waals surface area contributed by atoms with Gasteiger partial charge in [0, 0.05) is 36.1 Å². The molecule has 3 unspecified atom stereocenters. The predicted molar refractivity (Wildman–Crippen MR) is 188 cm³/mol. The van der Waals surface area contributed by atoms with E-state index in [1.807, 2.05) is 34.6 Å². The summed E-state index contributed by atoms with van der Waals surface area (Å²) >= 11 is 2.72. The number of fused-ring (bicyclic) bond motifs is 1. The quantitative estimate of drug-likeness (QED) is 0.0776. The van der Waals surface area contributed by atoms with Crippen molar-refractivity contribution in [2.24, 2.45) is 11.3 Å². The monoisotopic (exact) mass is 732 g/mol. The number of hydrogen-bond donors (Lipinski definition) is 1. The van der Waals surface area contributed by atoms with Crippen LogP contribution in [0.2, 0.25) is 13.1 Å². The minimum absolute atomic E-state index is 0.0668. The summed E-state index contributed by atoms with van der Waals surface area (Å²) in [5, 5.41) is 23.9. The molecule has 2 heterocycles. The largest absolute Gasteiger partial charge is 0.456 e. The number of benzene rings is 2. The Balaban J connectivity index is 1.47. The molecule has 4 rings (SSSR count). The number of β-lactam (4-membered cyclic amide) rings is 1. The third-order valence-corrected chi connectivity index (χ3v) is 12.0. The molecular weight excluding hydrogens is 693 g/mol. The molecule has 0 bridgehead atoms. The van der Waals surface area contributed by atoms with E-state index in [0.29, 0.717) is 15.4 Å². The van der Waals surface area contributed by atoms with Gasteiger partial charge in [0.25, 0.3) is 11.4 Å². The van der Waals surface area contributed by atoms with Crippen molar-refractivity contribution in [3.05, 3.63) is 89.8 Å². The van der Waals surface area contributed by atoms with E-state index < -0.39 is 53.3 Å². The van der Waals surface area contributed by atoms with Gasteiger partial charge in [-0.25, -0.2) is 9.59 Å². The topological polar surface area (TPSA) is 180 Å². The Kier molecular flexibility index (Phi) is 11.8. The average molecular weight is 733 g/mol. The SMILES string of the molecule is CC(CNC(=O)OCc1ccc([N+](=O)[O-])cc1)SC1=C(C(=O)OCc2ccc([N+](=O)[O-])cc2)N2C(=O)C(C(C)(O[SiH](C)C)C(C)(C)C)[C@H]2S1. The number of non-ortho nitro benzene ring substituents is 2. The highest BCUT2D eigenvalue weighted by Gasteiger charge is 2.65. The van der Waals surface area contributed by atoms with Crippen LogP contribution in [0.3, 0.4) is 0 Å². The van der Waals surface area contributed by atoms with Gasteiger partial charge < -0.3 is 19.2 Å². The normalized spacial score (nSPS) is 19.1. The van der Waals surface area contributed by atoms with Gasteiger partial charge in [-0.2, -0.15) is 0 Å². The number of carbonyl (C=O) groups is 3. The van der Waals surface area contributed by atoms with Crippen LogP contribution in [0, 0.1) is 31.6 Å². The molecule has 2 amide bonds. The fourth-order valence-corrected chi connectivity index (χ4v) is 10.0. The zero-order valence-corrected chi connectivity index (χ0v) is 31.1. The Morgan fingerprint density at radius 1 is 0.959 bits per heavy atom. The zero-order chi connectivity index (χ0) is 36.3. The highest BCUT2D eigenvalue weighted by atomic mass is 32.2. The number of ether oxygens (including phenoxy) is 2. The maximum atomic E-state index is 13.9. The number of carbonyl (C=O) groups excluding carboxylic acids is 3. The third kappa shape index (κ3) is 8.63. The Hall–Kier alpha value is -3.93. The third-order valence-electron chi connectivity index (χ3n) is 8.34. The molecule has 2 aromatic carbocycles. The molecule has 0 saturated carbocycles. The minimum atomic E-state index is -1.59. The minimum Gasteiger partial charge on any atom is -0.456 e. The van der Waals surface area contributed by atoms with Crippen molar-refractivity contribution in [2.45, 2.75) is 77.2 Å². The molecular formula is C32H40N4O10S2Si. The Morgan fingerprint density at radius 2 is 1.47 bits per heavy atom. The van der Waals surface area contributed by atoms with Gasteiger partial charge in [0.15, 0.2) is 14.7 Å². The lowest BCUT2D eigenvalue weighted by atomic mass is 9.66. The number of alkyl carbamates (subject to hydrolysis) is 1. The Bertz CT molecular complexity index is 1630. The fraction of sp³-hybridized carbons (Fsp3) is 0.469. The number of amides is 2. The molecule has 14 nitrogen and oxygen atoms in total. The summed E-state index contributed by atoms with van der Waals surface area (Å²) in [5.41, 5.74) is -0.0956. The summed E-state index contributed by atoms with van der Waals surface area (Å²) in [7, 11) is -1.59. The van der Waals surface area contributed by atoms with Gasteiger partial charge in [0.1, 0.15) is 18.6 Å². The highest BCUT2D eigenvalue weighted by Crippen LogP contribution is 2.59. The van der Waals surface area contributed by atoms with E-state index in [9.17, 15) is 34.6 Å². The first-order chi connectivity index (χ1) is 22.9. The van der Waals surface area contributed by atoms with Crippen LogP contribution in [0.15, 0.2) is 58.5 Å². The molecule has 2 aromatic rings. The van der Waals surface area contributed by atoms with Crippen molar-refractivity contribution in [1.82, 2.24) is 10.2 Å². The Morgan fingerprint density at radius 3 is 1.94 bits per heavy atom. The highest BCUT2D eigenvalue weighted by molar-refractivity contribution is 8.23. The zero-order valence-electron chi connectivity index (χ0n) is 28.3. The summed E-state index contributed by atoms with van der Waals surface area (Å²) in [6.45, 7) is 14.0. The number of nitrogens with one attached hydrogen (secondary N) is 1. The van der Waals surface area contributed by atoms with Crippen molar-refractivity contribution in [3.8, 4) is 0 Å². The van der Waals surface area contributed by atoms with Crippen LogP contribution in [0.5, 0.6) is 0 Å². The molecule has 49 heavy (non-hydrogen) atoms. The van der Waals surface area contributed by atoms with Gasteiger partial charge in [0.05, 0.1) is 25.6 Å². The standard InChI is InChI=1S/C32H40N4O10S2Si/c1-19(16-33-30(39)45-18-21-10-14-23(15-11-21)36(42)43)47-29-25(28(38)44-17-20-8-12-22(13-9-20)35(40)41)34-26(37)24(27(34)48-29)32(5,31(2,3)4)46-49(6)7/h8-15,19,24,27,49H,16-18H2,1-7H3,(H,33,39)/t19?,24?,27-,32?/m1/s1. The number of rotatable bonds is 14. The van der Waals surface area contributed by atoms with E-state index in [2.05, 4.69) is 18.4 Å². The second kappa shape index (κ2) is 15.3. The van der Waals surface area contributed by atoms with Gasteiger partial charge in [0.2, 0.25) is 5.91 Å². The van der Waals surface area contributed by atoms with Gasteiger partial charge in [-0.15, -0.1) is 11.8 Å². The summed E-state index contributed by atoms with van der Waals surface area (Å²) in [6, 6.07) is 11.3. The summed E-state index contributed by atoms with van der Waals surface area (Å²) in [4.78, 5) is 62.3. The smallest absolute Gasteiger partial charge is 0.407 e. The fourth-order valence-electron chi connectivity index (χ4n) is 5.36. The van der Waals surface area contributed by atoms with Gasteiger partial charge in [-0.1, -0.05) is 39.5 Å². The molecule has 0 spiro atoms. The summed E-state index contributed by atoms with van der Waals surface area (Å²) < 4.78 is 18.0. The first kappa shape index (κ1) is 37.9. The van der Waals surface area contributed by atoms with Crippen LogP contribution in [0.4, 0.5) is 16.2 Å². The summed E-state index contributed by atoms with van der Waals surface area (Å²) in [6.07, 6.45) is -0.684. The van der Waals surface area contributed by atoms with Crippen LogP contribution in [0.25, 0.3) is 0 Å². The van der Waals surface area contributed by atoms with E-state index in [0.717, 1.165) is 0 Å². The summed E-state index contributed by atoms with van der Waals surface area (Å²) in [5.74, 6) is -1.46. The van der Waals surface area contributed by atoms with Gasteiger partial charge in [-0.3, -0.25) is 29.9 Å². The van der Waals surface area contributed by atoms with Crippen molar-refractivity contribution in [2.75, 3.05) is 6.54 Å². The van der Waals surface area contributed by atoms with Crippen LogP contribution in [-0.4, -0.2) is 64.5 Å². The molecule has 4 atom stereocenters. The molecule has 1 saturated heterocycles. The van der Waals surface area contributed by atoms with Gasteiger partial charge in [-0.05, 0) is 60.8 Å².